The molecule has 6 nitrogen and oxygen atoms in total. The van der Waals surface area contributed by atoms with Crippen molar-refractivity contribution in [3.63, 3.8) is 0 Å². The summed E-state index contributed by atoms with van der Waals surface area (Å²) in [7, 11) is 0. The lowest BCUT2D eigenvalue weighted by Gasteiger charge is -2.15. The molecule has 26 heavy (non-hydrogen) atoms. The molecule has 0 fully saturated rings. The fourth-order valence-corrected chi connectivity index (χ4v) is 2.55. The zero-order valence-corrected chi connectivity index (χ0v) is 15.7. The summed E-state index contributed by atoms with van der Waals surface area (Å²) in [6.07, 6.45) is 1.58. The predicted molar refractivity (Wildman–Crippen MR) is 105 cm³/mol. The molecule has 3 rings (SSSR count). The summed E-state index contributed by atoms with van der Waals surface area (Å²) in [6, 6.07) is 12.9. The van der Waals surface area contributed by atoms with E-state index in [0.717, 1.165) is 11.4 Å². The van der Waals surface area contributed by atoms with Crippen LogP contribution in [0.2, 0.25) is 10.0 Å². The van der Waals surface area contributed by atoms with E-state index in [1.165, 1.54) is 6.20 Å². The molecule has 0 amide bonds. The SMILES string of the molecule is CC(C)Oc1ccccc1Nc1cnnc(Nc2cccc(Cl)c2Cl)n1. The van der Waals surface area contributed by atoms with Crippen molar-refractivity contribution in [1.82, 2.24) is 15.2 Å². The molecule has 1 aromatic heterocycles. The van der Waals surface area contributed by atoms with Gasteiger partial charge in [-0.3, -0.25) is 0 Å². The minimum absolute atomic E-state index is 0.0590. The van der Waals surface area contributed by atoms with Crippen molar-refractivity contribution in [2.75, 3.05) is 10.6 Å². The second-order valence-corrected chi connectivity index (χ2v) is 6.46. The topological polar surface area (TPSA) is 72.0 Å². The second kappa shape index (κ2) is 8.21. The third kappa shape index (κ3) is 4.53. The van der Waals surface area contributed by atoms with Gasteiger partial charge in [0.15, 0.2) is 5.82 Å². The number of rotatable bonds is 6. The van der Waals surface area contributed by atoms with Crippen LogP contribution in [0.25, 0.3) is 0 Å². The summed E-state index contributed by atoms with van der Waals surface area (Å²) in [4.78, 5) is 4.40. The fourth-order valence-electron chi connectivity index (χ4n) is 2.20. The van der Waals surface area contributed by atoms with Crippen molar-refractivity contribution >= 4 is 46.3 Å². The summed E-state index contributed by atoms with van der Waals surface area (Å²) in [5, 5.41) is 15.0. The van der Waals surface area contributed by atoms with Gasteiger partial charge in [-0.1, -0.05) is 41.4 Å². The minimum atomic E-state index is 0.0590. The normalized spacial score (nSPS) is 10.7. The van der Waals surface area contributed by atoms with E-state index in [2.05, 4.69) is 25.8 Å². The van der Waals surface area contributed by atoms with Gasteiger partial charge in [-0.25, -0.2) is 0 Å². The third-order valence-corrected chi connectivity index (χ3v) is 4.09. The van der Waals surface area contributed by atoms with Crippen LogP contribution in [0.3, 0.4) is 0 Å². The van der Waals surface area contributed by atoms with Crippen molar-refractivity contribution in [3.8, 4) is 5.75 Å². The molecule has 0 saturated heterocycles. The Bertz CT molecular complexity index is 904. The Labute approximate surface area is 161 Å². The van der Waals surface area contributed by atoms with Gasteiger partial charge in [0, 0.05) is 0 Å². The van der Waals surface area contributed by atoms with Gasteiger partial charge in [0.25, 0.3) is 0 Å². The summed E-state index contributed by atoms with van der Waals surface area (Å²) in [5.74, 6) is 1.54. The molecule has 2 N–H and O–H groups in total. The number of hydrogen-bond donors (Lipinski definition) is 2. The van der Waals surface area contributed by atoms with E-state index in [1.807, 2.05) is 38.1 Å². The molecule has 0 aliphatic heterocycles. The number of halogens is 2. The Morgan fingerprint density at radius 3 is 2.54 bits per heavy atom. The molecule has 8 heteroatoms. The molecule has 1 heterocycles. The van der Waals surface area contributed by atoms with E-state index in [9.17, 15) is 0 Å². The lowest BCUT2D eigenvalue weighted by molar-refractivity contribution is 0.244. The number of anilines is 4. The van der Waals surface area contributed by atoms with E-state index in [0.29, 0.717) is 27.5 Å². The highest BCUT2D eigenvalue weighted by Crippen LogP contribution is 2.31. The lowest BCUT2D eigenvalue weighted by atomic mass is 10.3. The van der Waals surface area contributed by atoms with Crippen LogP contribution >= 0.6 is 23.2 Å². The van der Waals surface area contributed by atoms with Crippen molar-refractivity contribution in [3.05, 3.63) is 58.7 Å². The molecule has 0 unspecified atom stereocenters. The first-order chi connectivity index (χ1) is 12.5. The van der Waals surface area contributed by atoms with Crippen LogP contribution in [0, 0.1) is 0 Å². The minimum Gasteiger partial charge on any atom is -0.489 e. The first kappa shape index (κ1) is 18.2. The van der Waals surface area contributed by atoms with E-state index >= 15 is 0 Å². The Kier molecular flexibility index (Phi) is 5.75. The van der Waals surface area contributed by atoms with Crippen LogP contribution in [0.1, 0.15) is 13.8 Å². The van der Waals surface area contributed by atoms with E-state index in [4.69, 9.17) is 27.9 Å². The van der Waals surface area contributed by atoms with Gasteiger partial charge in [-0.15, -0.1) is 5.10 Å². The largest absolute Gasteiger partial charge is 0.489 e. The molecule has 0 spiro atoms. The quantitative estimate of drug-likeness (QED) is 0.583. The maximum atomic E-state index is 6.18. The van der Waals surface area contributed by atoms with E-state index in [1.54, 1.807) is 18.2 Å². The smallest absolute Gasteiger partial charge is 0.249 e. The highest BCUT2D eigenvalue weighted by atomic mass is 35.5. The highest BCUT2D eigenvalue weighted by Gasteiger charge is 2.09. The molecular formula is C18H17Cl2N5O. The van der Waals surface area contributed by atoms with Crippen LogP contribution in [-0.4, -0.2) is 21.3 Å². The number of nitrogens with zero attached hydrogens (tertiary/aromatic N) is 3. The Balaban J connectivity index is 1.81. The van der Waals surface area contributed by atoms with Crippen LogP contribution in [0.4, 0.5) is 23.1 Å². The van der Waals surface area contributed by atoms with Crippen molar-refractivity contribution in [2.45, 2.75) is 20.0 Å². The number of nitrogens with one attached hydrogen (secondary N) is 2. The zero-order chi connectivity index (χ0) is 18.5. The zero-order valence-electron chi connectivity index (χ0n) is 14.2. The molecule has 0 radical (unpaired) electrons. The van der Waals surface area contributed by atoms with Crippen LogP contribution in [0.5, 0.6) is 5.75 Å². The van der Waals surface area contributed by atoms with E-state index in [-0.39, 0.29) is 6.10 Å². The highest BCUT2D eigenvalue weighted by molar-refractivity contribution is 6.43. The molecule has 0 aliphatic carbocycles. The molecule has 0 aliphatic rings. The Morgan fingerprint density at radius 1 is 0.962 bits per heavy atom. The van der Waals surface area contributed by atoms with Gasteiger partial charge in [0.2, 0.25) is 5.95 Å². The first-order valence-corrected chi connectivity index (χ1v) is 8.72. The fraction of sp³-hybridized carbons (Fsp3) is 0.167. The monoisotopic (exact) mass is 389 g/mol. The molecule has 134 valence electrons. The third-order valence-electron chi connectivity index (χ3n) is 3.27. The van der Waals surface area contributed by atoms with Gasteiger partial charge >= 0.3 is 0 Å². The summed E-state index contributed by atoms with van der Waals surface area (Å²) >= 11 is 12.2. The number of ether oxygens (including phenoxy) is 1. The van der Waals surface area contributed by atoms with Gasteiger partial charge in [0.1, 0.15) is 5.75 Å². The number of benzene rings is 2. The Hall–Kier alpha value is -2.57. The average Bonchev–Trinajstić information content (AvgIpc) is 2.61. The molecule has 0 atom stereocenters. The Morgan fingerprint density at radius 2 is 1.73 bits per heavy atom. The predicted octanol–water partition coefficient (Wildman–Crippen LogP) is 5.45. The van der Waals surface area contributed by atoms with Gasteiger partial charge in [-0.2, -0.15) is 10.1 Å². The number of para-hydroxylation sites is 2. The van der Waals surface area contributed by atoms with Crippen molar-refractivity contribution in [1.29, 1.82) is 0 Å². The number of hydrogen-bond acceptors (Lipinski definition) is 6. The summed E-state index contributed by atoms with van der Waals surface area (Å²) < 4.78 is 5.80. The maximum Gasteiger partial charge on any atom is 0.249 e. The molecule has 2 aromatic carbocycles. The lowest BCUT2D eigenvalue weighted by Crippen LogP contribution is -2.08. The summed E-state index contributed by atoms with van der Waals surface area (Å²) in [5.41, 5.74) is 1.38. The van der Waals surface area contributed by atoms with Gasteiger partial charge in [0.05, 0.1) is 33.7 Å². The van der Waals surface area contributed by atoms with Crippen LogP contribution < -0.4 is 15.4 Å². The van der Waals surface area contributed by atoms with Gasteiger partial charge < -0.3 is 15.4 Å². The average molecular weight is 390 g/mol. The first-order valence-electron chi connectivity index (χ1n) is 7.96. The van der Waals surface area contributed by atoms with Crippen molar-refractivity contribution < 1.29 is 4.74 Å². The van der Waals surface area contributed by atoms with Crippen LogP contribution in [-0.2, 0) is 0 Å². The molecule has 0 bridgehead atoms. The van der Waals surface area contributed by atoms with Gasteiger partial charge in [-0.05, 0) is 38.1 Å². The maximum absolute atomic E-state index is 6.18. The molecule has 0 saturated carbocycles. The molecular weight excluding hydrogens is 373 g/mol. The van der Waals surface area contributed by atoms with Crippen LogP contribution in [0.15, 0.2) is 48.7 Å². The van der Waals surface area contributed by atoms with E-state index < -0.39 is 0 Å². The molecule has 3 aromatic rings. The summed E-state index contributed by atoms with van der Waals surface area (Å²) in [6.45, 7) is 3.94. The second-order valence-electron chi connectivity index (χ2n) is 5.68. The standard InChI is InChI=1S/C18H17Cl2N5O/c1-11(2)26-15-9-4-3-7-13(15)22-16-10-21-25-18(24-16)23-14-8-5-6-12(19)17(14)20/h3-11H,1-2H3,(H2,22,23,24,25). The van der Waals surface area contributed by atoms with Crippen molar-refractivity contribution in [2.24, 2.45) is 0 Å². The number of aromatic nitrogens is 3.